The molecule has 0 unspecified atom stereocenters. The number of nitrogen functional groups attached to an aromatic ring is 1. The molecule has 0 spiro atoms. The Balaban J connectivity index is 1.53. The van der Waals surface area contributed by atoms with Gasteiger partial charge < -0.3 is 25.8 Å². The Kier molecular flexibility index (Phi) is 6.89. The summed E-state index contributed by atoms with van der Waals surface area (Å²) < 4.78 is 12.9. The molecule has 35 heavy (non-hydrogen) atoms. The highest BCUT2D eigenvalue weighted by Crippen LogP contribution is 2.37. The second-order valence-electron chi connectivity index (χ2n) is 8.16. The zero-order valence-electron chi connectivity index (χ0n) is 19.5. The van der Waals surface area contributed by atoms with Gasteiger partial charge in [0.05, 0.1) is 31.0 Å². The summed E-state index contributed by atoms with van der Waals surface area (Å²) in [5.74, 6) is 1.74. The van der Waals surface area contributed by atoms with Gasteiger partial charge in [0, 0.05) is 67.0 Å². The fraction of sp³-hybridized carbons (Fsp3) is 0.333. The largest absolute Gasteiger partial charge is 0.494 e. The Labute approximate surface area is 208 Å². The number of nitrogens with zero attached hydrogens (tertiary/aromatic N) is 5. The molecule has 1 aliphatic rings. The van der Waals surface area contributed by atoms with Crippen LogP contribution in [-0.4, -0.2) is 75.5 Å². The van der Waals surface area contributed by atoms with Crippen molar-refractivity contribution in [2.24, 2.45) is 0 Å². The van der Waals surface area contributed by atoms with E-state index >= 15 is 0 Å². The maximum absolute atomic E-state index is 6.39. The zero-order valence-corrected chi connectivity index (χ0v) is 20.3. The minimum absolute atomic E-state index is 0.378. The predicted molar refractivity (Wildman–Crippen MR) is 141 cm³/mol. The quantitative estimate of drug-likeness (QED) is 0.263. The number of imidazole rings is 1. The summed E-state index contributed by atoms with van der Waals surface area (Å²) in [5, 5.41) is 9.75. The van der Waals surface area contributed by atoms with E-state index in [1.165, 1.54) is 0 Å². The highest BCUT2D eigenvalue weighted by atomic mass is 32.1. The van der Waals surface area contributed by atoms with Crippen LogP contribution in [-0.2, 0) is 4.74 Å². The van der Waals surface area contributed by atoms with Gasteiger partial charge in [0.15, 0.2) is 10.9 Å². The molecule has 182 valence electrons. The summed E-state index contributed by atoms with van der Waals surface area (Å²) >= 11 is 5.68. The maximum atomic E-state index is 6.39. The standard InChI is InChI=1S/C24H28N8O2S/c1-2-34-16-3-4-17-19(13-16)28-14-18-20(17)21(23(30-22(18)25)32-8-5-26-15-32)29-24(35)27-6-7-31-9-11-33-12-10-31/h3-5,8,13-15H,2,6-7,9-12H2,1H3,(H2,25,30)(H2,27,29,35). The number of aromatic nitrogens is 4. The normalized spacial score (nSPS) is 14.3. The van der Waals surface area contributed by atoms with Crippen LogP contribution in [0, 0.1) is 0 Å². The van der Waals surface area contributed by atoms with E-state index in [4.69, 9.17) is 27.4 Å². The molecule has 4 N–H and O–H groups in total. The third kappa shape index (κ3) is 4.97. The molecule has 4 aromatic rings. The summed E-state index contributed by atoms with van der Waals surface area (Å²) in [6.07, 6.45) is 6.95. The lowest BCUT2D eigenvalue weighted by molar-refractivity contribution is 0.0389. The van der Waals surface area contributed by atoms with Crippen molar-refractivity contribution in [2.75, 3.05) is 57.1 Å². The molecule has 0 bridgehead atoms. The molecule has 3 aromatic heterocycles. The van der Waals surface area contributed by atoms with Crippen LogP contribution in [0.25, 0.3) is 27.5 Å². The van der Waals surface area contributed by atoms with Crippen molar-refractivity contribution in [2.45, 2.75) is 6.92 Å². The molecule has 10 nitrogen and oxygen atoms in total. The number of benzene rings is 1. The monoisotopic (exact) mass is 492 g/mol. The Morgan fingerprint density at radius 1 is 1.26 bits per heavy atom. The van der Waals surface area contributed by atoms with Crippen LogP contribution in [0.2, 0.25) is 0 Å². The number of nitrogens with two attached hydrogens (primary N) is 1. The van der Waals surface area contributed by atoms with Gasteiger partial charge in [0.1, 0.15) is 17.9 Å². The first kappa shape index (κ1) is 23.2. The van der Waals surface area contributed by atoms with Gasteiger partial charge in [-0.25, -0.2) is 9.97 Å². The van der Waals surface area contributed by atoms with Gasteiger partial charge in [-0.3, -0.25) is 14.5 Å². The number of rotatable bonds is 7. The molecule has 0 atom stereocenters. The number of nitrogens with one attached hydrogen (secondary N) is 2. The molecule has 1 aromatic carbocycles. The number of hydrogen-bond donors (Lipinski definition) is 3. The van der Waals surface area contributed by atoms with E-state index in [0.717, 1.165) is 66.0 Å². The van der Waals surface area contributed by atoms with E-state index in [9.17, 15) is 0 Å². The zero-order chi connectivity index (χ0) is 24.2. The average Bonchev–Trinajstić information content (AvgIpc) is 3.41. The smallest absolute Gasteiger partial charge is 0.170 e. The van der Waals surface area contributed by atoms with Crippen LogP contribution in [0.3, 0.4) is 0 Å². The maximum Gasteiger partial charge on any atom is 0.170 e. The number of anilines is 2. The molecule has 4 heterocycles. The molecule has 0 amide bonds. The Bertz CT molecular complexity index is 1340. The van der Waals surface area contributed by atoms with E-state index in [2.05, 4.69) is 30.5 Å². The fourth-order valence-electron chi connectivity index (χ4n) is 4.24. The van der Waals surface area contributed by atoms with Crippen molar-refractivity contribution in [1.29, 1.82) is 0 Å². The van der Waals surface area contributed by atoms with E-state index in [1.54, 1.807) is 18.7 Å². The van der Waals surface area contributed by atoms with E-state index in [1.807, 2.05) is 35.9 Å². The minimum Gasteiger partial charge on any atom is -0.494 e. The molecule has 1 aliphatic heterocycles. The van der Waals surface area contributed by atoms with Gasteiger partial charge in [-0.05, 0) is 31.3 Å². The third-order valence-corrected chi connectivity index (χ3v) is 6.18. The molecule has 1 saturated heterocycles. The predicted octanol–water partition coefficient (Wildman–Crippen LogP) is 2.57. The Morgan fingerprint density at radius 2 is 2.11 bits per heavy atom. The molecule has 5 rings (SSSR count). The molecular weight excluding hydrogens is 464 g/mol. The van der Waals surface area contributed by atoms with Crippen LogP contribution in [0.5, 0.6) is 5.75 Å². The number of thiocarbonyl (C=S) groups is 1. The first-order chi connectivity index (χ1) is 17.1. The van der Waals surface area contributed by atoms with Crippen molar-refractivity contribution in [3.05, 3.63) is 43.1 Å². The Hall–Kier alpha value is -3.54. The second kappa shape index (κ2) is 10.4. The van der Waals surface area contributed by atoms with E-state index in [-0.39, 0.29) is 0 Å². The van der Waals surface area contributed by atoms with Gasteiger partial charge in [-0.2, -0.15) is 0 Å². The van der Waals surface area contributed by atoms with E-state index < -0.39 is 0 Å². The summed E-state index contributed by atoms with van der Waals surface area (Å²) in [7, 11) is 0. The number of ether oxygens (including phenoxy) is 2. The number of fused-ring (bicyclic) bond motifs is 3. The molecule has 0 aliphatic carbocycles. The van der Waals surface area contributed by atoms with Gasteiger partial charge >= 0.3 is 0 Å². The average molecular weight is 493 g/mol. The highest BCUT2D eigenvalue weighted by molar-refractivity contribution is 7.80. The van der Waals surface area contributed by atoms with Crippen molar-refractivity contribution >= 4 is 50.5 Å². The van der Waals surface area contributed by atoms with Crippen molar-refractivity contribution in [1.82, 2.24) is 29.7 Å². The fourth-order valence-corrected chi connectivity index (χ4v) is 4.44. The summed E-state index contributed by atoms with van der Waals surface area (Å²) in [6, 6.07) is 5.85. The highest BCUT2D eigenvalue weighted by Gasteiger charge is 2.19. The minimum atomic E-state index is 0.378. The molecule has 0 radical (unpaired) electrons. The molecule has 0 saturated carbocycles. The lowest BCUT2D eigenvalue weighted by atomic mass is 10.1. The number of morpholine rings is 1. The second-order valence-corrected chi connectivity index (χ2v) is 8.57. The van der Waals surface area contributed by atoms with Crippen molar-refractivity contribution in [3.8, 4) is 11.6 Å². The van der Waals surface area contributed by atoms with Gasteiger partial charge in [-0.15, -0.1) is 0 Å². The molecule has 1 fully saturated rings. The van der Waals surface area contributed by atoms with Crippen LogP contribution >= 0.6 is 12.2 Å². The SMILES string of the molecule is CCOc1ccc2c(c1)ncc1c(N)nc(-n3ccnc3)c(NC(=S)NCCN3CCOCC3)c12. The third-order valence-electron chi connectivity index (χ3n) is 5.93. The van der Waals surface area contributed by atoms with Crippen molar-refractivity contribution < 1.29 is 9.47 Å². The number of pyridine rings is 2. The van der Waals surface area contributed by atoms with Crippen LogP contribution in [0.1, 0.15) is 6.92 Å². The molecule has 11 heteroatoms. The molecular formula is C24H28N8O2S. The number of hydrogen-bond acceptors (Lipinski definition) is 8. The lowest BCUT2D eigenvalue weighted by Crippen LogP contribution is -2.42. The first-order valence-electron chi connectivity index (χ1n) is 11.6. The Morgan fingerprint density at radius 3 is 2.89 bits per heavy atom. The summed E-state index contributed by atoms with van der Waals surface area (Å²) in [5.41, 5.74) is 7.91. The summed E-state index contributed by atoms with van der Waals surface area (Å²) in [6.45, 7) is 7.54. The van der Waals surface area contributed by atoms with Crippen LogP contribution in [0.4, 0.5) is 11.5 Å². The summed E-state index contributed by atoms with van der Waals surface area (Å²) in [4.78, 5) is 15.8. The van der Waals surface area contributed by atoms with Gasteiger partial charge in [0.25, 0.3) is 0 Å². The van der Waals surface area contributed by atoms with Crippen molar-refractivity contribution in [3.63, 3.8) is 0 Å². The van der Waals surface area contributed by atoms with E-state index in [0.29, 0.717) is 29.9 Å². The first-order valence-corrected chi connectivity index (χ1v) is 12.0. The topological polar surface area (TPSA) is 115 Å². The van der Waals surface area contributed by atoms with Gasteiger partial charge in [-0.1, -0.05) is 0 Å². The van der Waals surface area contributed by atoms with Crippen LogP contribution < -0.4 is 21.1 Å². The van der Waals surface area contributed by atoms with Crippen LogP contribution in [0.15, 0.2) is 43.1 Å². The van der Waals surface area contributed by atoms with Gasteiger partial charge in [0.2, 0.25) is 0 Å². The lowest BCUT2D eigenvalue weighted by Gasteiger charge is -2.26.